The number of ether oxygens (including phenoxy) is 2. The van der Waals surface area contributed by atoms with Gasteiger partial charge in [-0.1, -0.05) is 43.5 Å². The average molecular weight is 464 g/mol. The molecule has 34 heavy (non-hydrogen) atoms. The van der Waals surface area contributed by atoms with Crippen molar-refractivity contribution >= 4 is 11.8 Å². The number of hydrogen-bond donors (Lipinski definition) is 0. The Morgan fingerprint density at radius 1 is 1.06 bits per heavy atom. The number of carbonyl (C=O) groups is 2. The van der Waals surface area contributed by atoms with Gasteiger partial charge in [-0.15, -0.1) is 0 Å². The van der Waals surface area contributed by atoms with E-state index in [-0.39, 0.29) is 36.4 Å². The van der Waals surface area contributed by atoms with E-state index in [2.05, 4.69) is 4.98 Å². The number of hydrogen-bond acceptors (Lipinski definition) is 5. The molecule has 0 unspecified atom stereocenters. The van der Waals surface area contributed by atoms with E-state index >= 15 is 0 Å². The van der Waals surface area contributed by atoms with Crippen LogP contribution in [-0.4, -0.2) is 65.0 Å². The van der Waals surface area contributed by atoms with Crippen LogP contribution in [-0.2, 0) is 27.4 Å². The molecule has 2 aromatic rings. The fraction of sp³-hybridized carbons (Fsp3) is 0.519. The fourth-order valence-electron chi connectivity index (χ4n) is 5.39. The molecule has 0 N–H and O–H groups in total. The van der Waals surface area contributed by atoms with Gasteiger partial charge in [-0.3, -0.25) is 14.6 Å². The van der Waals surface area contributed by atoms with Gasteiger partial charge in [0, 0.05) is 25.3 Å². The standard InChI is InChI=1S/C27H33N3O4/c31-26-17-29(27(32)21-14-20-8-4-5-12-25(20)34-18-21)15-24(33-19-22-9-6-7-13-28-22)16-30(26)23-10-2-1-3-11-23/h4-9,12-13,21,23-24H,1-3,10-11,14-19H2/t21-,24-/m0/s1. The summed E-state index contributed by atoms with van der Waals surface area (Å²) in [6.07, 6.45) is 7.71. The van der Waals surface area contributed by atoms with Crippen molar-refractivity contribution < 1.29 is 19.1 Å². The fourth-order valence-corrected chi connectivity index (χ4v) is 5.39. The monoisotopic (exact) mass is 463 g/mol. The maximum atomic E-state index is 13.6. The number of benzene rings is 1. The smallest absolute Gasteiger partial charge is 0.242 e. The minimum Gasteiger partial charge on any atom is -0.492 e. The number of carbonyl (C=O) groups excluding carboxylic acids is 2. The van der Waals surface area contributed by atoms with Gasteiger partial charge in [0.15, 0.2) is 0 Å². The molecule has 3 aliphatic rings. The van der Waals surface area contributed by atoms with Crippen molar-refractivity contribution in [1.29, 1.82) is 0 Å². The van der Waals surface area contributed by atoms with E-state index in [4.69, 9.17) is 9.47 Å². The van der Waals surface area contributed by atoms with Crippen molar-refractivity contribution in [3.8, 4) is 5.75 Å². The molecule has 1 saturated heterocycles. The number of rotatable bonds is 5. The number of nitrogens with zero attached hydrogens (tertiary/aromatic N) is 3. The maximum Gasteiger partial charge on any atom is 0.242 e. The second-order valence-corrected chi connectivity index (χ2v) is 9.63. The van der Waals surface area contributed by atoms with Gasteiger partial charge in [0.25, 0.3) is 0 Å². The quantitative estimate of drug-likeness (QED) is 0.681. The van der Waals surface area contributed by atoms with Gasteiger partial charge < -0.3 is 19.3 Å². The molecular formula is C27H33N3O4. The summed E-state index contributed by atoms with van der Waals surface area (Å²) in [5.41, 5.74) is 1.89. The van der Waals surface area contributed by atoms with Crippen LogP contribution in [0.4, 0.5) is 0 Å². The number of para-hydroxylation sites is 1. The van der Waals surface area contributed by atoms with Gasteiger partial charge in [0.05, 0.1) is 30.9 Å². The van der Waals surface area contributed by atoms with Crippen molar-refractivity contribution in [2.75, 3.05) is 26.2 Å². The van der Waals surface area contributed by atoms with E-state index in [1.165, 1.54) is 6.42 Å². The van der Waals surface area contributed by atoms with Crippen molar-refractivity contribution in [1.82, 2.24) is 14.8 Å². The summed E-state index contributed by atoms with van der Waals surface area (Å²) in [7, 11) is 0. The molecule has 3 heterocycles. The number of fused-ring (bicyclic) bond motifs is 1. The van der Waals surface area contributed by atoms with Crippen LogP contribution < -0.4 is 4.74 Å². The van der Waals surface area contributed by atoms with Crippen molar-refractivity contribution in [3.05, 3.63) is 59.9 Å². The highest BCUT2D eigenvalue weighted by Crippen LogP contribution is 2.29. The zero-order valence-electron chi connectivity index (χ0n) is 19.6. The van der Waals surface area contributed by atoms with Crippen molar-refractivity contribution in [2.45, 2.75) is 57.3 Å². The third-order valence-corrected chi connectivity index (χ3v) is 7.22. The molecule has 5 rings (SSSR count). The molecule has 2 fully saturated rings. The molecule has 0 bridgehead atoms. The van der Waals surface area contributed by atoms with E-state index in [9.17, 15) is 9.59 Å². The molecule has 0 radical (unpaired) electrons. The van der Waals surface area contributed by atoms with Gasteiger partial charge in [-0.25, -0.2) is 0 Å². The SMILES string of the molecule is O=C([C@@H]1COc2ccccc2C1)N1CC(=O)N(C2CCCCC2)C[C@@H](OCc2ccccn2)C1. The molecule has 1 aliphatic carbocycles. The van der Waals surface area contributed by atoms with Gasteiger partial charge >= 0.3 is 0 Å². The first-order valence-electron chi connectivity index (χ1n) is 12.5. The van der Waals surface area contributed by atoms with Crippen LogP contribution >= 0.6 is 0 Å². The first-order valence-corrected chi connectivity index (χ1v) is 12.5. The minimum absolute atomic E-state index is 0.0280. The predicted molar refractivity (Wildman–Crippen MR) is 127 cm³/mol. The largest absolute Gasteiger partial charge is 0.492 e. The van der Waals surface area contributed by atoms with Crippen LogP contribution in [0, 0.1) is 5.92 Å². The predicted octanol–water partition coefficient (Wildman–Crippen LogP) is 3.22. The number of aromatic nitrogens is 1. The summed E-state index contributed by atoms with van der Waals surface area (Å²) in [4.78, 5) is 35.0. The third kappa shape index (κ3) is 5.25. The molecule has 1 aromatic heterocycles. The molecule has 180 valence electrons. The van der Waals surface area contributed by atoms with E-state index in [1.54, 1.807) is 11.1 Å². The Morgan fingerprint density at radius 2 is 1.88 bits per heavy atom. The van der Waals surface area contributed by atoms with Crippen LogP contribution in [0.15, 0.2) is 48.7 Å². The van der Waals surface area contributed by atoms with E-state index in [1.807, 2.05) is 47.4 Å². The molecule has 2 atom stereocenters. The van der Waals surface area contributed by atoms with Gasteiger partial charge in [-0.2, -0.15) is 0 Å². The highest BCUT2D eigenvalue weighted by atomic mass is 16.5. The summed E-state index contributed by atoms with van der Waals surface area (Å²) in [6.45, 7) is 1.73. The lowest BCUT2D eigenvalue weighted by atomic mass is 9.94. The highest BCUT2D eigenvalue weighted by molar-refractivity contribution is 5.87. The maximum absolute atomic E-state index is 13.6. The Kier molecular flexibility index (Phi) is 7.09. The van der Waals surface area contributed by atoms with Crippen LogP contribution in [0.1, 0.15) is 43.4 Å². The first-order chi connectivity index (χ1) is 16.7. The summed E-state index contributed by atoms with van der Waals surface area (Å²) in [6, 6.07) is 13.8. The second kappa shape index (κ2) is 10.6. The van der Waals surface area contributed by atoms with E-state index in [0.717, 1.165) is 42.7 Å². The molecule has 7 heteroatoms. The Morgan fingerprint density at radius 3 is 2.71 bits per heavy atom. The number of pyridine rings is 1. The summed E-state index contributed by atoms with van der Waals surface area (Å²) in [5.74, 6) is 0.556. The first kappa shape index (κ1) is 22.8. The Bertz CT molecular complexity index is 992. The molecular weight excluding hydrogens is 430 g/mol. The molecule has 1 aromatic carbocycles. The summed E-state index contributed by atoms with van der Waals surface area (Å²) in [5, 5.41) is 0. The zero-order chi connectivity index (χ0) is 23.3. The van der Waals surface area contributed by atoms with Gasteiger partial charge in [0.2, 0.25) is 11.8 Å². The lowest BCUT2D eigenvalue weighted by Crippen LogP contribution is -2.47. The van der Waals surface area contributed by atoms with Crippen LogP contribution in [0.5, 0.6) is 5.75 Å². The Labute approximate surface area is 201 Å². The average Bonchev–Trinajstić information content (AvgIpc) is 3.06. The highest BCUT2D eigenvalue weighted by Gasteiger charge is 2.37. The van der Waals surface area contributed by atoms with Crippen molar-refractivity contribution in [3.63, 3.8) is 0 Å². The Balaban J connectivity index is 1.32. The minimum atomic E-state index is -0.291. The lowest BCUT2D eigenvalue weighted by Gasteiger charge is -2.34. The molecule has 7 nitrogen and oxygen atoms in total. The lowest BCUT2D eigenvalue weighted by molar-refractivity contribution is -0.143. The normalized spacial score (nSPS) is 23.7. The molecule has 2 amide bonds. The van der Waals surface area contributed by atoms with E-state index in [0.29, 0.717) is 32.7 Å². The van der Waals surface area contributed by atoms with Crippen LogP contribution in [0.25, 0.3) is 0 Å². The van der Waals surface area contributed by atoms with Crippen LogP contribution in [0.3, 0.4) is 0 Å². The molecule has 0 spiro atoms. The summed E-state index contributed by atoms with van der Waals surface area (Å²) < 4.78 is 12.1. The zero-order valence-corrected chi connectivity index (χ0v) is 19.6. The topological polar surface area (TPSA) is 72.0 Å². The van der Waals surface area contributed by atoms with Gasteiger partial charge in [-0.05, 0) is 43.0 Å². The van der Waals surface area contributed by atoms with E-state index < -0.39 is 0 Å². The van der Waals surface area contributed by atoms with Gasteiger partial charge in [0.1, 0.15) is 12.4 Å². The molecule has 2 aliphatic heterocycles. The van der Waals surface area contributed by atoms with Crippen molar-refractivity contribution in [2.24, 2.45) is 5.92 Å². The van der Waals surface area contributed by atoms with Crippen LogP contribution in [0.2, 0.25) is 0 Å². The Hall–Kier alpha value is -2.93. The second-order valence-electron chi connectivity index (χ2n) is 9.63. The molecule has 1 saturated carbocycles. The third-order valence-electron chi connectivity index (χ3n) is 7.22. The summed E-state index contributed by atoms with van der Waals surface area (Å²) >= 11 is 0. The number of amides is 2.